The first-order valence-electron chi connectivity index (χ1n) is 11.9. The Morgan fingerprint density at radius 3 is 2.64 bits per heavy atom. The molecule has 3 aliphatic rings. The molecule has 33 heavy (non-hydrogen) atoms. The van der Waals surface area contributed by atoms with E-state index in [1.54, 1.807) is 4.90 Å². The number of anilines is 3. The summed E-state index contributed by atoms with van der Waals surface area (Å²) >= 11 is 0. The number of benzene rings is 1. The maximum Gasteiger partial charge on any atom is 0.245 e. The third-order valence-electron chi connectivity index (χ3n) is 7.59. The molecule has 1 aliphatic carbocycles. The van der Waals surface area contributed by atoms with Crippen molar-refractivity contribution in [2.45, 2.75) is 50.9 Å². The van der Waals surface area contributed by atoms with Crippen molar-refractivity contribution in [1.82, 2.24) is 14.9 Å². The number of hydrogen-bond acceptors (Lipinski definition) is 5. The molecule has 172 valence electrons. The van der Waals surface area contributed by atoms with E-state index in [1.165, 1.54) is 30.8 Å². The van der Waals surface area contributed by atoms with Gasteiger partial charge in [-0.1, -0.05) is 25.6 Å². The van der Waals surface area contributed by atoms with E-state index in [1.807, 2.05) is 17.0 Å². The van der Waals surface area contributed by atoms with Gasteiger partial charge in [-0.25, -0.2) is 9.97 Å². The number of carbonyl (C=O) groups excluding carboxylic acids is 2. The Balaban J connectivity index is 1.51. The second-order valence-corrected chi connectivity index (χ2v) is 9.64. The number of nitrogens with zero attached hydrogens (tertiary/aromatic N) is 4. The first-order chi connectivity index (χ1) is 16.0. The van der Waals surface area contributed by atoms with E-state index < -0.39 is 0 Å². The standard InChI is InChI=1S/C26H31N5O2/c1-3-22(32)30-12-4-5-19(14-30)21-13-23(33)31(20-10-8-18(9-11-20)17-6-7-17)25-24(16(21)2)28-15-29-26(25)27/h3,8-11,15-17,19,21H,1,4-7,12-14H2,2H3,(H2,27,28,29). The highest BCUT2D eigenvalue weighted by Crippen LogP contribution is 2.47. The van der Waals surface area contributed by atoms with Crippen LogP contribution < -0.4 is 10.6 Å². The lowest BCUT2D eigenvalue weighted by molar-refractivity contribution is -0.128. The van der Waals surface area contributed by atoms with E-state index in [0.29, 0.717) is 30.4 Å². The molecular formula is C26H31N5O2. The monoisotopic (exact) mass is 445 g/mol. The van der Waals surface area contributed by atoms with Crippen LogP contribution in [0.4, 0.5) is 17.2 Å². The average Bonchev–Trinajstić information content (AvgIpc) is 3.69. The van der Waals surface area contributed by atoms with Gasteiger partial charge in [0, 0.05) is 31.1 Å². The molecule has 2 aromatic rings. The molecule has 0 radical (unpaired) electrons. The van der Waals surface area contributed by atoms with Crippen LogP contribution in [0.15, 0.2) is 43.2 Å². The number of piperidine rings is 1. The van der Waals surface area contributed by atoms with Crippen LogP contribution >= 0.6 is 0 Å². The fourth-order valence-corrected chi connectivity index (χ4v) is 5.62. The zero-order chi connectivity index (χ0) is 23.1. The zero-order valence-electron chi connectivity index (χ0n) is 19.1. The summed E-state index contributed by atoms with van der Waals surface area (Å²) in [4.78, 5) is 38.4. The molecule has 1 saturated heterocycles. The molecule has 1 aromatic heterocycles. The van der Waals surface area contributed by atoms with Crippen molar-refractivity contribution in [1.29, 1.82) is 0 Å². The van der Waals surface area contributed by atoms with Gasteiger partial charge in [-0.3, -0.25) is 14.5 Å². The van der Waals surface area contributed by atoms with Crippen LogP contribution in [0.3, 0.4) is 0 Å². The average molecular weight is 446 g/mol. The van der Waals surface area contributed by atoms with E-state index in [4.69, 9.17) is 5.73 Å². The van der Waals surface area contributed by atoms with Gasteiger partial charge in [-0.15, -0.1) is 0 Å². The summed E-state index contributed by atoms with van der Waals surface area (Å²) in [5, 5.41) is 0. The molecule has 3 atom stereocenters. The molecule has 2 aliphatic heterocycles. The van der Waals surface area contributed by atoms with Crippen LogP contribution in [0, 0.1) is 11.8 Å². The van der Waals surface area contributed by atoms with Gasteiger partial charge in [0.15, 0.2) is 5.82 Å². The van der Waals surface area contributed by atoms with Crippen molar-refractivity contribution < 1.29 is 9.59 Å². The number of aromatic nitrogens is 2. The van der Waals surface area contributed by atoms with Crippen molar-refractivity contribution in [3.63, 3.8) is 0 Å². The third-order valence-corrected chi connectivity index (χ3v) is 7.59. The van der Waals surface area contributed by atoms with Crippen molar-refractivity contribution in [3.05, 3.63) is 54.5 Å². The highest BCUT2D eigenvalue weighted by molar-refractivity contribution is 6.04. The van der Waals surface area contributed by atoms with Crippen LogP contribution in [0.5, 0.6) is 0 Å². The zero-order valence-corrected chi connectivity index (χ0v) is 19.1. The third kappa shape index (κ3) is 4.01. The Morgan fingerprint density at radius 1 is 1.18 bits per heavy atom. The van der Waals surface area contributed by atoms with Crippen LogP contribution in [-0.2, 0) is 9.59 Å². The SMILES string of the molecule is C=CC(=O)N1CCCC(C2CC(=O)N(c3ccc(C4CC4)cc3)c3c(N)ncnc3C2C)C1. The molecule has 5 rings (SSSR count). The minimum absolute atomic E-state index is 0.00144. The Morgan fingerprint density at radius 2 is 1.94 bits per heavy atom. The van der Waals surface area contributed by atoms with Gasteiger partial charge < -0.3 is 10.6 Å². The lowest BCUT2D eigenvalue weighted by Gasteiger charge is -2.38. The number of rotatable bonds is 4. The van der Waals surface area contributed by atoms with Crippen molar-refractivity contribution in [3.8, 4) is 0 Å². The summed E-state index contributed by atoms with van der Waals surface area (Å²) in [5.41, 5.74) is 9.87. The Hall–Kier alpha value is -3.22. The summed E-state index contributed by atoms with van der Waals surface area (Å²) < 4.78 is 0. The van der Waals surface area contributed by atoms with Gasteiger partial charge in [0.2, 0.25) is 11.8 Å². The number of nitrogens with two attached hydrogens (primary N) is 1. The molecule has 7 heteroatoms. The van der Waals surface area contributed by atoms with E-state index in [9.17, 15) is 9.59 Å². The smallest absolute Gasteiger partial charge is 0.245 e. The van der Waals surface area contributed by atoms with Crippen molar-refractivity contribution >= 4 is 29.0 Å². The fourth-order valence-electron chi connectivity index (χ4n) is 5.62. The summed E-state index contributed by atoms with van der Waals surface area (Å²) in [5.74, 6) is 1.20. The first kappa shape index (κ1) is 21.6. The molecule has 1 saturated carbocycles. The van der Waals surface area contributed by atoms with Crippen molar-refractivity contribution in [2.75, 3.05) is 23.7 Å². The minimum Gasteiger partial charge on any atom is -0.382 e. The molecule has 0 spiro atoms. The van der Waals surface area contributed by atoms with Crippen molar-refractivity contribution in [2.24, 2.45) is 11.8 Å². The lowest BCUT2D eigenvalue weighted by atomic mass is 9.75. The molecule has 2 fully saturated rings. The second-order valence-electron chi connectivity index (χ2n) is 9.64. The maximum absolute atomic E-state index is 13.7. The molecule has 7 nitrogen and oxygen atoms in total. The summed E-state index contributed by atoms with van der Waals surface area (Å²) in [6, 6.07) is 8.26. The molecule has 2 amide bonds. The summed E-state index contributed by atoms with van der Waals surface area (Å²) in [6.45, 7) is 7.13. The largest absolute Gasteiger partial charge is 0.382 e. The number of likely N-dealkylation sites (tertiary alicyclic amines) is 1. The van der Waals surface area contributed by atoms with E-state index in [-0.39, 0.29) is 29.6 Å². The molecule has 1 aromatic carbocycles. The topological polar surface area (TPSA) is 92.4 Å². The fraction of sp³-hybridized carbons (Fsp3) is 0.462. The van der Waals surface area contributed by atoms with Crippen LogP contribution in [0.2, 0.25) is 0 Å². The number of nitrogen functional groups attached to an aromatic ring is 1. The van der Waals surface area contributed by atoms with Gasteiger partial charge in [-0.05, 0) is 67.2 Å². The van der Waals surface area contributed by atoms with E-state index in [2.05, 4.69) is 35.6 Å². The Labute approximate surface area is 194 Å². The second kappa shape index (κ2) is 8.61. The van der Waals surface area contributed by atoms with Gasteiger partial charge in [0.05, 0.1) is 5.69 Å². The van der Waals surface area contributed by atoms with Gasteiger partial charge in [0.25, 0.3) is 0 Å². The van der Waals surface area contributed by atoms with E-state index in [0.717, 1.165) is 30.8 Å². The summed E-state index contributed by atoms with van der Waals surface area (Å²) in [7, 11) is 0. The number of amides is 2. The number of fused-ring (bicyclic) bond motifs is 1. The lowest BCUT2D eigenvalue weighted by Crippen LogP contribution is -2.42. The molecule has 2 N–H and O–H groups in total. The normalized spacial score (nSPS) is 25.4. The van der Waals surface area contributed by atoms with Gasteiger partial charge >= 0.3 is 0 Å². The van der Waals surface area contributed by atoms with Crippen LogP contribution in [0.25, 0.3) is 0 Å². The number of carbonyl (C=O) groups is 2. The molecular weight excluding hydrogens is 414 g/mol. The van der Waals surface area contributed by atoms with Gasteiger partial charge in [0.1, 0.15) is 12.0 Å². The predicted molar refractivity (Wildman–Crippen MR) is 128 cm³/mol. The number of hydrogen-bond donors (Lipinski definition) is 1. The van der Waals surface area contributed by atoms with Crippen LogP contribution in [-0.4, -0.2) is 39.8 Å². The highest BCUT2D eigenvalue weighted by atomic mass is 16.2. The molecule has 3 unspecified atom stereocenters. The van der Waals surface area contributed by atoms with Crippen LogP contribution in [0.1, 0.15) is 62.1 Å². The minimum atomic E-state index is -0.0448. The molecule has 0 bridgehead atoms. The first-order valence-corrected chi connectivity index (χ1v) is 11.9. The van der Waals surface area contributed by atoms with E-state index >= 15 is 0 Å². The quantitative estimate of drug-likeness (QED) is 0.714. The summed E-state index contributed by atoms with van der Waals surface area (Å²) in [6.07, 6.45) is 7.61. The van der Waals surface area contributed by atoms with Gasteiger partial charge in [-0.2, -0.15) is 0 Å². The predicted octanol–water partition coefficient (Wildman–Crippen LogP) is 4.15. The Bertz CT molecular complexity index is 1080. The Kier molecular flexibility index (Phi) is 5.64. The maximum atomic E-state index is 13.7. The molecule has 3 heterocycles. The highest BCUT2D eigenvalue weighted by Gasteiger charge is 2.41.